The number of amides is 1. The van der Waals surface area contributed by atoms with Crippen LogP contribution in [0, 0.1) is 0 Å². The molecule has 0 fully saturated rings. The monoisotopic (exact) mass is 330 g/mol. The first kappa shape index (κ1) is 15.6. The lowest BCUT2D eigenvalue weighted by Gasteiger charge is -2.18. The summed E-state index contributed by atoms with van der Waals surface area (Å²) in [5.41, 5.74) is 2.11. The molecule has 0 saturated heterocycles. The number of carboxylic acids is 1. The Kier molecular flexibility index (Phi) is 4.34. The summed E-state index contributed by atoms with van der Waals surface area (Å²) in [7, 11) is 1.83. The molecule has 1 aliphatic carbocycles. The third-order valence-electron chi connectivity index (χ3n) is 3.97. The Morgan fingerprint density at radius 1 is 1.26 bits per heavy atom. The van der Waals surface area contributed by atoms with Crippen LogP contribution in [-0.4, -0.2) is 30.6 Å². The van der Waals surface area contributed by atoms with Crippen molar-refractivity contribution in [1.29, 1.82) is 0 Å². The number of carboxylic acid groups (broad SMARTS) is 1. The molecule has 0 spiro atoms. The number of hydrogen-bond acceptors (Lipinski definition) is 4. The minimum Gasteiger partial charge on any atom is -0.478 e. The molecular weight excluding hydrogens is 312 g/mol. The zero-order valence-electron chi connectivity index (χ0n) is 12.8. The molecule has 1 aromatic heterocycles. The van der Waals surface area contributed by atoms with E-state index >= 15 is 0 Å². The lowest BCUT2D eigenvalue weighted by molar-refractivity contribution is -0.114. The molecular formula is C17H18N2O3S. The lowest BCUT2D eigenvalue weighted by Crippen LogP contribution is -2.30. The Morgan fingerprint density at radius 2 is 2.00 bits per heavy atom. The molecule has 3 rings (SSSR count). The number of carbonyl (C=O) groups is 2. The van der Waals surface area contributed by atoms with Crippen molar-refractivity contribution in [1.82, 2.24) is 0 Å². The molecule has 5 nitrogen and oxygen atoms in total. The van der Waals surface area contributed by atoms with Gasteiger partial charge in [0.1, 0.15) is 5.00 Å². The zero-order valence-corrected chi connectivity index (χ0v) is 13.7. The Morgan fingerprint density at radius 3 is 2.70 bits per heavy atom. The minimum atomic E-state index is -0.962. The normalized spacial score (nSPS) is 12.7. The van der Waals surface area contributed by atoms with Crippen LogP contribution in [0.4, 0.5) is 10.7 Å². The first-order chi connectivity index (χ1) is 11.1. The zero-order chi connectivity index (χ0) is 16.4. The Labute approximate surface area is 138 Å². The number of aromatic carboxylic acids is 1. The average molecular weight is 330 g/mol. The van der Waals surface area contributed by atoms with Crippen LogP contribution < -0.4 is 10.2 Å². The summed E-state index contributed by atoms with van der Waals surface area (Å²) in [4.78, 5) is 26.7. The summed E-state index contributed by atoms with van der Waals surface area (Å²) in [6.45, 7) is 0.172. The number of hydrogen-bond donors (Lipinski definition) is 2. The van der Waals surface area contributed by atoms with Crippen LogP contribution in [0.15, 0.2) is 30.3 Å². The summed E-state index contributed by atoms with van der Waals surface area (Å²) in [5, 5.41) is 12.7. The minimum absolute atomic E-state index is 0.172. The number of rotatable bonds is 5. The van der Waals surface area contributed by atoms with Crippen LogP contribution in [0.2, 0.25) is 0 Å². The molecule has 23 heavy (non-hydrogen) atoms. The number of thiophene rings is 1. The number of fused-ring (bicyclic) bond motifs is 1. The largest absolute Gasteiger partial charge is 0.478 e. The van der Waals surface area contributed by atoms with E-state index in [1.54, 1.807) is 0 Å². The van der Waals surface area contributed by atoms with Gasteiger partial charge < -0.3 is 15.3 Å². The number of carbonyl (C=O) groups excluding carboxylic acids is 1. The summed E-state index contributed by atoms with van der Waals surface area (Å²) in [5.74, 6) is -1.17. The second kappa shape index (κ2) is 6.42. The van der Waals surface area contributed by atoms with E-state index in [1.165, 1.54) is 11.3 Å². The molecule has 0 saturated carbocycles. The van der Waals surface area contributed by atoms with Crippen molar-refractivity contribution in [3.8, 4) is 0 Å². The van der Waals surface area contributed by atoms with Gasteiger partial charge in [-0.3, -0.25) is 4.79 Å². The van der Waals surface area contributed by atoms with E-state index in [-0.39, 0.29) is 18.0 Å². The number of nitrogens with one attached hydrogen (secondary N) is 1. The molecule has 6 heteroatoms. The average Bonchev–Trinajstić information content (AvgIpc) is 3.07. The highest BCUT2D eigenvalue weighted by molar-refractivity contribution is 7.17. The lowest BCUT2D eigenvalue weighted by atomic mass is 10.1. The first-order valence-corrected chi connectivity index (χ1v) is 8.31. The Bertz CT molecular complexity index is 740. The van der Waals surface area contributed by atoms with Gasteiger partial charge in [0.05, 0.1) is 12.1 Å². The van der Waals surface area contributed by atoms with E-state index in [4.69, 9.17) is 0 Å². The summed E-state index contributed by atoms with van der Waals surface area (Å²) in [6, 6.07) is 9.60. The van der Waals surface area contributed by atoms with Gasteiger partial charge in [-0.15, -0.1) is 11.3 Å². The standard InChI is InChI=1S/C17H18N2O3S/c1-19(11-6-3-2-4-7-11)10-14(20)18-16-15(17(21)22)12-8-5-9-13(12)23-16/h2-4,6-7H,5,8-10H2,1H3,(H,18,20)(H,21,22). The highest BCUT2D eigenvalue weighted by Gasteiger charge is 2.27. The maximum Gasteiger partial charge on any atom is 0.339 e. The van der Waals surface area contributed by atoms with Crippen LogP contribution in [0.25, 0.3) is 0 Å². The molecule has 1 aliphatic rings. The third kappa shape index (κ3) is 3.22. The van der Waals surface area contributed by atoms with Gasteiger partial charge in [-0.25, -0.2) is 4.79 Å². The highest BCUT2D eigenvalue weighted by Crippen LogP contribution is 2.39. The van der Waals surface area contributed by atoms with Crippen molar-refractivity contribution in [3.63, 3.8) is 0 Å². The van der Waals surface area contributed by atoms with Gasteiger partial charge in [-0.1, -0.05) is 18.2 Å². The molecule has 0 bridgehead atoms. The fraction of sp³-hybridized carbons (Fsp3) is 0.294. The Balaban J connectivity index is 1.72. The van der Waals surface area contributed by atoms with Crippen molar-refractivity contribution in [2.24, 2.45) is 0 Å². The molecule has 0 unspecified atom stereocenters. The van der Waals surface area contributed by atoms with Gasteiger partial charge >= 0.3 is 5.97 Å². The second-order valence-corrected chi connectivity index (χ2v) is 6.71. The van der Waals surface area contributed by atoms with E-state index in [2.05, 4.69) is 5.32 Å². The number of anilines is 2. The van der Waals surface area contributed by atoms with Crippen LogP contribution in [0.1, 0.15) is 27.2 Å². The van der Waals surface area contributed by atoms with Gasteiger partial charge in [0, 0.05) is 17.6 Å². The van der Waals surface area contributed by atoms with Gasteiger partial charge in [-0.2, -0.15) is 0 Å². The van der Waals surface area contributed by atoms with Gasteiger partial charge in [0.2, 0.25) is 5.91 Å². The maximum atomic E-state index is 12.3. The molecule has 1 aromatic carbocycles. The fourth-order valence-corrected chi connectivity index (χ4v) is 4.17. The van der Waals surface area contributed by atoms with E-state index in [0.717, 1.165) is 35.4 Å². The summed E-state index contributed by atoms with van der Waals surface area (Å²) >= 11 is 1.40. The van der Waals surface area contributed by atoms with Gasteiger partial charge in [-0.05, 0) is 37.0 Å². The SMILES string of the molecule is CN(CC(=O)Nc1sc2c(c1C(=O)O)CCC2)c1ccccc1. The number of aryl methyl sites for hydroxylation is 1. The number of para-hydroxylation sites is 1. The molecule has 0 aliphatic heterocycles. The summed E-state index contributed by atoms with van der Waals surface area (Å²) in [6.07, 6.45) is 2.68. The summed E-state index contributed by atoms with van der Waals surface area (Å²) < 4.78 is 0. The predicted octanol–water partition coefficient (Wildman–Crippen LogP) is 3.01. The topological polar surface area (TPSA) is 69.6 Å². The molecule has 0 radical (unpaired) electrons. The van der Waals surface area contributed by atoms with Crippen molar-refractivity contribution in [3.05, 3.63) is 46.3 Å². The smallest absolute Gasteiger partial charge is 0.339 e. The van der Waals surface area contributed by atoms with Crippen molar-refractivity contribution < 1.29 is 14.7 Å². The van der Waals surface area contributed by atoms with Crippen LogP contribution in [0.5, 0.6) is 0 Å². The predicted molar refractivity (Wildman–Crippen MR) is 91.6 cm³/mol. The number of benzene rings is 1. The van der Waals surface area contributed by atoms with Crippen molar-refractivity contribution in [2.45, 2.75) is 19.3 Å². The number of nitrogens with zero attached hydrogens (tertiary/aromatic N) is 1. The third-order valence-corrected chi connectivity index (χ3v) is 5.17. The second-order valence-electron chi connectivity index (χ2n) is 5.61. The quantitative estimate of drug-likeness (QED) is 0.884. The van der Waals surface area contributed by atoms with E-state index in [9.17, 15) is 14.7 Å². The van der Waals surface area contributed by atoms with Gasteiger partial charge in [0.15, 0.2) is 0 Å². The van der Waals surface area contributed by atoms with Crippen molar-refractivity contribution in [2.75, 3.05) is 23.8 Å². The molecule has 2 aromatic rings. The number of likely N-dealkylation sites (N-methyl/N-ethyl adjacent to an activating group) is 1. The molecule has 1 amide bonds. The molecule has 0 atom stereocenters. The van der Waals surface area contributed by atoms with Gasteiger partial charge in [0.25, 0.3) is 0 Å². The Hall–Kier alpha value is -2.34. The maximum absolute atomic E-state index is 12.3. The van der Waals surface area contributed by atoms with Crippen LogP contribution in [-0.2, 0) is 17.6 Å². The fourth-order valence-electron chi connectivity index (χ4n) is 2.87. The van der Waals surface area contributed by atoms with E-state index in [1.807, 2.05) is 42.3 Å². The highest BCUT2D eigenvalue weighted by atomic mass is 32.1. The molecule has 1 heterocycles. The van der Waals surface area contributed by atoms with E-state index < -0.39 is 5.97 Å². The van der Waals surface area contributed by atoms with Crippen molar-refractivity contribution >= 4 is 33.9 Å². The molecule has 120 valence electrons. The van der Waals surface area contributed by atoms with Crippen LogP contribution >= 0.6 is 11.3 Å². The van der Waals surface area contributed by atoms with Crippen LogP contribution in [0.3, 0.4) is 0 Å². The van der Waals surface area contributed by atoms with E-state index in [0.29, 0.717) is 5.00 Å². The molecule has 2 N–H and O–H groups in total. The first-order valence-electron chi connectivity index (χ1n) is 7.50.